The summed E-state index contributed by atoms with van der Waals surface area (Å²) in [5, 5.41) is 3.36. The second-order valence-electron chi connectivity index (χ2n) is 2.88. The van der Waals surface area contributed by atoms with E-state index < -0.39 is 0 Å². The minimum atomic E-state index is 0.832. The Morgan fingerprint density at radius 2 is 2.75 bits per heavy atom. The van der Waals surface area contributed by atoms with Crippen LogP contribution in [0.5, 0.6) is 0 Å². The Balaban J connectivity index is 1.74. The smallest absolute Gasteiger partial charge is 0.169 e. The van der Waals surface area contributed by atoms with E-state index in [9.17, 15) is 0 Å². The van der Waals surface area contributed by atoms with E-state index in [1.54, 1.807) is 6.33 Å². The molecule has 1 aliphatic rings. The van der Waals surface area contributed by atoms with E-state index in [2.05, 4.69) is 14.7 Å². The molecule has 2 rings (SSSR count). The molecule has 0 aromatic carbocycles. The van der Waals surface area contributed by atoms with Crippen LogP contribution in [-0.4, -0.2) is 28.2 Å². The lowest BCUT2D eigenvalue weighted by atomic mass is 10.2. The summed E-state index contributed by atoms with van der Waals surface area (Å²) in [4.78, 5) is 4.13. The van der Waals surface area contributed by atoms with Crippen molar-refractivity contribution in [2.45, 2.75) is 10.8 Å². The van der Waals surface area contributed by atoms with Crippen molar-refractivity contribution in [3.05, 3.63) is 6.33 Å². The largest absolute Gasteiger partial charge is 0.316 e. The quantitative estimate of drug-likeness (QED) is 0.747. The van der Waals surface area contributed by atoms with Gasteiger partial charge in [0.05, 0.1) is 0 Å². The summed E-state index contributed by atoms with van der Waals surface area (Å²) in [6.07, 6.45) is 2.94. The minimum absolute atomic E-state index is 0.832. The van der Waals surface area contributed by atoms with Gasteiger partial charge in [-0.1, -0.05) is 11.8 Å². The Morgan fingerprint density at radius 3 is 3.42 bits per heavy atom. The average Bonchev–Trinajstić information content (AvgIpc) is 2.74. The first-order valence-electron chi connectivity index (χ1n) is 4.05. The fraction of sp³-hybridized carbons (Fsp3) is 0.714. The highest BCUT2D eigenvalue weighted by molar-refractivity contribution is 8.00. The molecule has 0 saturated carbocycles. The van der Waals surface area contributed by atoms with Crippen molar-refractivity contribution in [2.24, 2.45) is 5.92 Å². The molecule has 0 radical (unpaired) electrons. The third kappa shape index (κ3) is 2.18. The molecule has 3 nitrogen and oxygen atoms in total. The standard InChI is InChI=1S/C7H11N3S2/c1-2-8-3-6(1)4-11-7-9-5-10-12-7/h5-6,8H,1-4H2. The molecular formula is C7H11N3S2. The van der Waals surface area contributed by atoms with Gasteiger partial charge in [-0.05, 0) is 37.0 Å². The zero-order valence-electron chi connectivity index (χ0n) is 6.69. The van der Waals surface area contributed by atoms with Crippen molar-refractivity contribution in [2.75, 3.05) is 18.8 Å². The van der Waals surface area contributed by atoms with E-state index in [4.69, 9.17) is 0 Å². The third-order valence-electron chi connectivity index (χ3n) is 1.95. The molecule has 0 amide bonds. The normalized spacial score (nSPS) is 23.2. The number of thioether (sulfide) groups is 1. The number of hydrogen-bond acceptors (Lipinski definition) is 5. The number of nitrogens with one attached hydrogen (secondary N) is 1. The summed E-state index contributed by atoms with van der Waals surface area (Å²) >= 11 is 3.32. The van der Waals surface area contributed by atoms with Crippen molar-refractivity contribution >= 4 is 23.3 Å². The number of hydrogen-bond donors (Lipinski definition) is 1. The van der Waals surface area contributed by atoms with Crippen LogP contribution in [0.1, 0.15) is 6.42 Å². The first-order valence-corrected chi connectivity index (χ1v) is 5.81. The zero-order valence-corrected chi connectivity index (χ0v) is 8.33. The summed E-state index contributed by atoms with van der Waals surface area (Å²) in [6, 6.07) is 0. The van der Waals surface area contributed by atoms with Gasteiger partial charge in [-0.2, -0.15) is 4.37 Å². The summed E-state index contributed by atoms with van der Waals surface area (Å²) in [5.41, 5.74) is 0. The van der Waals surface area contributed by atoms with Gasteiger partial charge >= 0.3 is 0 Å². The Kier molecular flexibility index (Phi) is 2.97. The van der Waals surface area contributed by atoms with Crippen LogP contribution >= 0.6 is 23.3 Å². The van der Waals surface area contributed by atoms with E-state index in [0.29, 0.717) is 0 Å². The van der Waals surface area contributed by atoms with Crippen LogP contribution in [0.25, 0.3) is 0 Å². The predicted octanol–water partition coefficient (Wildman–Crippen LogP) is 1.24. The van der Waals surface area contributed by atoms with Crippen molar-refractivity contribution in [3.8, 4) is 0 Å². The molecule has 12 heavy (non-hydrogen) atoms. The van der Waals surface area contributed by atoms with Crippen LogP contribution in [0.15, 0.2) is 10.7 Å². The Hall–Kier alpha value is -0.130. The molecule has 2 heterocycles. The van der Waals surface area contributed by atoms with Crippen LogP contribution in [0.4, 0.5) is 0 Å². The maximum atomic E-state index is 4.13. The molecule has 0 aliphatic carbocycles. The maximum Gasteiger partial charge on any atom is 0.169 e. The molecular weight excluding hydrogens is 190 g/mol. The van der Waals surface area contributed by atoms with Crippen LogP contribution in [-0.2, 0) is 0 Å². The van der Waals surface area contributed by atoms with Crippen LogP contribution in [0.2, 0.25) is 0 Å². The van der Waals surface area contributed by atoms with Crippen LogP contribution < -0.4 is 5.32 Å². The number of rotatable bonds is 3. The minimum Gasteiger partial charge on any atom is -0.316 e. The van der Waals surface area contributed by atoms with E-state index in [1.807, 2.05) is 11.8 Å². The molecule has 0 spiro atoms. The predicted molar refractivity (Wildman–Crippen MR) is 51.6 cm³/mol. The Morgan fingerprint density at radius 1 is 1.75 bits per heavy atom. The molecule has 66 valence electrons. The van der Waals surface area contributed by atoms with Gasteiger partial charge in [-0.25, -0.2) is 4.98 Å². The van der Waals surface area contributed by atoms with Gasteiger partial charge < -0.3 is 5.32 Å². The molecule has 1 atom stereocenters. The van der Waals surface area contributed by atoms with Crippen LogP contribution in [0, 0.1) is 5.92 Å². The number of aromatic nitrogens is 2. The summed E-state index contributed by atoms with van der Waals surface area (Å²) in [5.74, 6) is 2.02. The molecule has 1 fully saturated rings. The van der Waals surface area contributed by atoms with E-state index in [0.717, 1.165) is 10.3 Å². The van der Waals surface area contributed by atoms with Crippen LogP contribution in [0.3, 0.4) is 0 Å². The molecule has 0 bridgehead atoms. The molecule has 1 saturated heterocycles. The van der Waals surface area contributed by atoms with Gasteiger partial charge in [0.1, 0.15) is 6.33 Å². The summed E-state index contributed by atoms with van der Waals surface area (Å²) < 4.78 is 5.06. The van der Waals surface area contributed by atoms with Gasteiger partial charge in [-0.3, -0.25) is 0 Å². The van der Waals surface area contributed by atoms with Crippen molar-refractivity contribution in [1.29, 1.82) is 0 Å². The molecule has 5 heteroatoms. The third-order valence-corrected chi connectivity index (χ3v) is 3.97. The van der Waals surface area contributed by atoms with Crippen molar-refractivity contribution < 1.29 is 0 Å². The molecule has 1 unspecified atom stereocenters. The van der Waals surface area contributed by atoms with Crippen molar-refractivity contribution in [3.63, 3.8) is 0 Å². The van der Waals surface area contributed by atoms with Gasteiger partial charge in [0.25, 0.3) is 0 Å². The topological polar surface area (TPSA) is 37.8 Å². The van der Waals surface area contributed by atoms with E-state index in [-0.39, 0.29) is 0 Å². The number of nitrogens with zero attached hydrogens (tertiary/aromatic N) is 2. The lowest BCUT2D eigenvalue weighted by molar-refractivity contribution is 0.662. The van der Waals surface area contributed by atoms with Gasteiger partial charge in [0.2, 0.25) is 0 Å². The van der Waals surface area contributed by atoms with Gasteiger partial charge in [0, 0.05) is 5.75 Å². The highest BCUT2D eigenvalue weighted by Gasteiger charge is 2.14. The lowest BCUT2D eigenvalue weighted by Gasteiger charge is -2.03. The highest BCUT2D eigenvalue weighted by atomic mass is 32.2. The first-order chi connectivity index (χ1) is 5.95. The summed E-state index contributed by atoms with van der Waals surface area (Å²) in [7, 11) is 0. The van der Waals surface area contributed by atoms with E-state index in [1.165, 1.54) is 36.8 Å². The fourth-order valence-corrected chi connectivity index (χ4v) is 2.88. The highest BCUT2D eigenvalue weighted by Crippen LogP contribution is 2.23. The zero-order chi connectivity index (χ0) is 8.23. The second kappa shape index (κ2) is 4.20. The molecule has 1 aromatic heterocycles. The monoisotopic (exact) mass is 201 g/mol. The second-order valence-corrected chi connectivity index (χ2v) is 4.92. The Bertz CT molecular complexity index is 219. The molecule has 1 N–H and O–H groups in total. The SMILES string of the molecule is c1nsc(SCC2CCNC2)n1. The first kappa shape index (κ1) is 8.47. The summed E-state index contributed by atoms with van der Waals surface area (Å²) in [6.45, 7) is 2.35. The maximum absolute atomic E-state index is 4.13. The fourth-order valence-electron chi connectivity index (χ4n) is 1.27. The van der Waals surface area contributed by atoms with E-state index >= 15 is 0 Å². The average molecular weight is 201 g/mol. The molecule has 1 aliphatic heterocycles. The van der Waals surface area contributed by atoms with Crippen molar-refractivity contribution in [1.82, 2.24) is 14.7 Å². The Labute approximate surface area is 80.1 Å². The molecule has 1 aromatic rings. The lowest BCUT2D eigenvalue weighted by Crippen LogP contribution is -2.10. The van der Waals surface area contributed by atoms with Gasteiger partial charge in [-0.15, -0.1) is 0 Å². The van der Waals surface area contributed by atoms with Gasteiger partial charge in [0.15, 0.2) is 4.34 Å².